The van der Waals surface area contributed by atoms with Crippen molar-refractivity contribution in [2.45, 2.75) is 63.3 Å². The fourth-order valence-electron chi connectivity index (χ4n) is 5.24. The first-order chi connectivity index (χ1) is 12.8. The first-order valence-corrected chi connectivity index (χ1v) is 10.8. The molecule has 1 aliphatic carbocycles. The SMILES string of the molecule is CN(CCCC1CCCNC1)C1CCC(c2c[nH]c3ccccc23)CC1. The van der Waals surface area contributed by atoms with Crippen LogP contribution >= 0.6 is 0 Å². The topological polar surface area (TPSA) is 31.1 Å². The van der Waals surface area contributed by atoms with Gasteiger partial charge in [0.15, 0.2) is 0 Å². The molecule has 26 heavy (non-hydrogen) atoms. The summed E-state index contributed by atoms with van der Waals surface area (Å²) in [6, 6.07) is 9.55. The molecule has 3 nitrogen and oxygen atoms in total. The predicted molar refractivity (Wildman–Crippen MR) is 111 cm³/mol. The van der Waals surface area contributed by atoms with Crippen molar-refractivity contribution in [1.82, 2.24) is 15.2 Å². The van der Waals surface area contributed by atoms with Crippen molar-refractivity contribution in [3.8, 4) is 0 Å². The zero-order valence-corrected chi connectivity index (χ0v) is 16.3. The number of nitrogens with zero attached hydrogens (tertiary/aromatic N) is 1. The van der Waals surface area contributed by atoms with Crippen molar-refractivity contribution < 1.29 is 0 Å². The van der Waals surface area contributed by atoms with E-state index in [1.54, 1.807) is 5.56 Å². The summed E-state index contributed by atoms with van der Waals surface area (Å²) in [6.07, 6.45) is 13.2. The Balaban J connectivity index is 1.24. The van der Waals surface area contributed by atoms with Crippen LogP contribution in [0.15, 0.2) is 30.5 Å². The lowest BCUT2D eigenvalue weighted by Crippen LogP contribution is -2.36. The van der Waals surface area contributed by atoms with Crippen LogP contribution in [0, 0.1) is 5.92 Å². The summed E-state index contributed by atoms with van der Waals surface area (Å²) in [5.41, 5.74) is 2.84. The zero-order valence-electron chi connectivity index (χ0n) is 16.3. The highest BCUT2D eigenvalue weighted by atomic mass is 15.1. The molecule has 3 heteroatoms. The Morgan fingerprint density at radius 3 is 2.73 bits per heavy atom. The smallest absolute Gasteiger partial charge is 0.0456 e. The van der Waals surface area contributed by atoms with Crippen LogP contribution in [0.4, 0.5) is 0 Å². The molecule has 1 aromatic carbocycles. The Bertz CT molecular complexity index is 678. The van der Waals surface area contributed by atoms with E-state index < -0.39 is 0 Å². The van der Waals surface area contributed by atoms with Gasteiger partial charge in [0.2, 0.25) is 0 Å². The second-order valence-corrected chi connectivity index (χ2v) is 8.63. The average Bonchev–Trinajstić information content (AvgIpc) is 3.13. The van der Waals surface area contributed by atoms with E-state index in [0.717, 1.165) is 17.9 Å². The van der Waals surface area contributed by atoms with Crippen LogP contribution < -0.4 is 5.32 Å². The molecule has 1 saturated carbocycles. The van der Waals surface area contributed by atoms with Crippen molar-refractivity contribution in [2.75, 3.05) is 26.7 Å². The van der Waals surface area contributed by atoms with Gasteiger partial charge in [-0.05, 0) is 102 Å². The van der Waals surface area contributed by atoms with Gasteiger partial charge < -0.3 is 15.2 Å². The number of fused-ring (bicyclic) bond motifs is 1. The number of piperidine rings is 1. The van der Waals surface area contributed by atoms with Crippen molar-refractivity contribution in [2.24, 2.45) is 5.92 Å². The standard InChI is InChI=1S/C23H35N3/c1-26(15-5-7-18-6-4-14-24-16-18)20-12-10-19(11-13-20)22-17-25-23-9-3-2-8-21(22)23/h2-3,8-9,17-20,24-25H,4-7,10-16H2,1H3. The molecule has 1 aromatic heterocycles. The van der Waals surface area contributed by atoms with Crippen LogP contribution in [0.3, 0.4) is 0 Å². The second-order valence-electron chi connectivity index (χ2n) is 8.63. The number of aromatic nitrogens is 1. The van der Waals surface area contributed by atoms with E-state index in [-0.39, 0.29) is 0 Å². The first kappa shape index (κ1) is 18.1. The fourth-order valence-corrected chi connectivity index (χ4v) is 5.24. The van der Waals surface area contributed by atoms with Gasteiger partial charge in [-0.2, -0.15) is 0 Å². The van der Waals surface area contributed by atoms with Crippen molar-refractivity contribution in [1.29, 1.82) is 0 Å². The largest absolute Gasteiger partial charge is 0.361 e. The van der Waals surface area contributed by atoms with Gasteiger partial charge in [0.05, 0.1) is 0 Å². The monoisotopic (exact) mass is 353 g/mol. The number of para-hydroxylation sites is 1. The average molecular weight is 354 g/mol. The van der Waals surface area contributed by atoms with E-state index in [9.17, 15) is 0 Å². The molecule has 4 rings (SSSR count). The normalized spacial score (nSPS) is 27.2. The minimum absolute atomic E-state index is 0.740. The van der Waals surface area contributed by atoms with Crippen molar-refractivity contribution >= 4 is 10.9 Å². The number of H-pyrrole nitrogens is 1. The summed E-state index contributed by atoms with van der Waals surface area (Å²) in [7, 11) is 2.36. The molecule has 0 spiro atoms. The summed E-state index contributed by atoms with van der Waals surface area (Å²) in [5, 5.41) is 4.99. The molecule has 1 aliphatic heterocycles. The number of benzene rings is 1. The zero-order chi connectivity index (χ0) is 17.8. The highest BCUT2D eigenvalue weighted by Crippen LogP contribution is 2.37. The Morgan fingerprint density at radius 1 is 1.08 bits per heavy atom. The minimum Gasteiger partial charge on any atom is -0.361 e. The van der Waals surface area contributed by atoms with Gasteiger partial charge in [0.1, 0.15) is 0 Å². The third-order valence-corrected chi connectivity index (χ3v) is 6.90. The molecule has 0 amide bonds. The third kappa shape index (κ3) is 4.15. The molecular weight excluding hydrogens is 318 g/mol. The van der Waals surface area contributed by atoms with E-state index in [1.165, 1.54) is 81.9 Å². The third-order valence-electron chi connectivity index (χ3n) is 6.90. The maximum absolute atomic E-state index is 3.55. The Labute approximate surface area is 158 Å². The molecule has 142 valence electrons. The number of hydrogen-bond acceptors (Lipinski definition) is 2. The van der Waals surface area contributed by atoms with Crippen LogP contribution in [0.5, 0.6) is 0 Å². The summed E-state index contributed by atoms with van der Waals surface area (Å²) >= 11 is 0. The van der Waals surface area contributed by atoms with E-state index >= 15 is 0 Å². The molecule has 2 heterocycles. The molecule has 1 atom stereocenters. The van der Waals surface area contributed by atoms with Gasteiger partial charge in [0, 0.05) is 23.1 Å². The summed E-state index contributed by atoms with van der Waals surface area (Å²) < 4.78 is 0. The summed E-state index contributed by atoms with van der Waals surface area (Å²) in [6.45, 7) is 3.76. The molecule has 0 bridgehead atoms. The summed E-state index contributed by atoms with van der Waals surface area (Å²) in [5.74, 6) is 1.67. The molecule has 2 fully saturated rings. The van der Waals surface area contributed by atoms with Crippen LogP contribution in [0.25, 0.3) is 10.9 Å². The Morgan fingerprint density at radius 2 is 1.92 bits per heavy atom. The lowest BCUT2D eigenvalue weighted by atomic mass is 9.81. The molecule has 1 saturated heterocycles. The maximum Gasteiger partial charge on any atom is 0.0456 e. The molecule has 0 radical (unpaired) electrons. The fraction of sp³-hybridized carbons (Fsp3) is 0.652. The highest BCUT2D eigenvalue weighted by Gasteiger charge is 2.26. The number of nitrogens with one attached hydrogen (secondary N) is 2. The van der Waals surface area contributed by atoms with E-state index in [4.69, 9.17) is 0 Å². The van der Waals surface area contributed by atoms with E-state index in [1.807, 2.05) is 0 Å². The van der Waals surface area contributed by atoms with E-state index in [0.29, 0.717) is 0 Å². The van der Waals surface area contributed by atoms with Crippen molar-refractivity contribution in [3.63, 3.8) is 0 Å². The number of rotatable bonds is 6. The van der Waals surface area contributed by atoms with Gasteiger partial charge in [-0.3, -0.25) is 0 Å². The maximum atomic E-state index is 3.55. The highest BCUT2D eigenvalue weighted by molar-refractivity contribution is 5.83. The van der Waals surface area contributed by atoms with Gasteiger partial charge in [-0.15, -0.1) is 0 Å². The Kier molecular flexibility index (Phi) is 5.96. The quantitative estimate of drug-likeness (QED) is 0.773. The van der Waals surface area contributed by atoms with Crippen LogP contribution in [0.2, 0.25) is 0 Å². The first-order valence-electron chi connectivity index (χ1n) is 10.8. The van der Waals surface area contributed by atoms with Crippen LogP contribution in [-0.2, 0) is 0 Å². The van der Waals surface area contributed by atoms with Crippen molar-refractivity contribution in [3.05, 3.63) is 36.0 Å². The Hall–Kier alpha value is -1.32. The molecule has 1 unspecified atom stereocenters. The predicted octanol–water partition coefficient (Wildman–Crippen LogP) is 4.91. The number of aromatic amines is 1. The lowest BCUT2D eigenvalue weighted by Gasteiger charge is -2.35. The molecular formula is C23H35N3. The lowest BCUT2D eigenvalue weighted by molar-refractivity contribution is 0.175. The van der Waals surface area contributed by atoms with Gasteiger partial charge in [-0.1, -0.05) is 18.2 Å². The van der Waals surface area contributed by atoms with Crippen LogP contribution in [0.1, 0.15) is 62.8 Å². The molecule has 2 aliphatic rings. The van der Waals surface area contributed by atoms with Gasteiger partial charge in [0.25, 0.3) is 0 Å². The van der Waals surface area contributed by atoms with E-state index in [2.05, 4.69) is 52.7 Å². The van der Waals surface area contributed by atoms with Gasteiger partial charge >= 0.3 is 0 Å². The molecule has 2 N–H and O–H groups in total. The second kappa shape index (κ2) is 8.58. The molecule has 2 aromatic rings. The summed E-state index contributed by atoms with van der Waals surface area (Å²) in [4.78, 5) is 6.12. The minimum atomic E-state index is 0.740. The van der Waals surface area contributed by atoms with Crippen LogP contribution in [-0.4, -0.2) is 42.6 Å². The number of hydrogen-bond donors (Lipinski definition) is 2. The van der Waals surface area contributed by atoms with Gasteiger partial charge in [-0.25, -0.2) is 0 Å².